The van der Waals surface area contributed by atoms with Crippen LogP contribution in [-0.2, 0) is 4.74 Å². The number of aliphatic hydroxyl groups excluding tert-OH is 1. The van der Waals surface area contributed by atoms with Crippen LogP contribution in [0.4, 0.5) is 5.69 Å². The van der Waals surface area contributed by atoms with Crippen molar-refractivity contribution in [1.29, 1.82) is 0 Å². The van der Waals surface area contributed by atoms with Crippen molar-refractivity contribution in [2.45, 2.75) is 52.2 Å². The van der Waals surface area contributed by atoms with Crippen LogP contribution in [0.15, 0.2) is 24.3 Å². The Balaban J connectivity index is 1.24. The maximum absolute atomic E-state index is 10.6. The second-order valence-electron chi connectivity index (χ2n) is 10.0. The third-order valence-electron chi connectivity index (χ3n) is 7.61. The molecule has 28 heavy (non-hydrogen) atoms. The molecule has 1 N–H and O–H groups in total. The maximum Gasteiger partial charge on any atom is 0.0900 e. The lowest BCUT2D eigenvalue weighted by molar-refractivity contribution is -0.113. The Morgan fingerprint density at radius 3 is 2.61 bits per heavy atom. The molecule has 2 bridgehead atoms. The van der Waals surface area contributed by atoms with E-state index < -0.39 is 6.10 Å². The van der Waals surface area contributed by atoms with Crippen molar-refractivity contribution in [1.82, 2.24) is 4.90 Å². The molecule has 0 radical (unpaired) electrons. The number of hydrogen-bond donors (Lipinski definition) is 1. The molecule has 156 valence electrons. The molecule has 3 aliphatic rings. The van der Waals surface area contributed by atoms with Crippen molar-refractivity contribution in [3.8, 4) is 0 Å². The van der Waals surface area contributed by atoms with E-state index in [1.165, 1.54) is 24.9 Å². The first kappa shape index (κ1) is 20.5. The Bertz CT molecular complexity index is 684. The van der Waals surface area contributed by atoms with Crippen LogP contribution in [0.1, 0.15) is 40.0 Å². The van der Waals surface area contributed by atoms with Gasteiger partial charge < -0.3 is 14.7 Å². The first-order valence-electron chi connectivity index (χ1n) is 10.8. The van der Waals surface area contributed by atoms with Gasteiger partial charge in [0.2, 0.25) is 0 Å². The third-order valence-corrected chi connectivity index (χ3v) is 7.84. The molecule has 1 aromatic carbocycles. The van der Waals surface area contributed by atoms with Crippen LogP contribution in [0.25, 0.3) is 0 Å². The summed E-state index contributed by atoms with van der Waals surface area (Å²) in [6, 6.07) is 8.05. The predicted molar refractivity (Wildman–Crippen MR) is 115 cm³/mol. The topological polar surface area (TPSA) is 35.9 Å². The van der Waals surface area contributed by atoms with Crippen molar-refractivity contribution in [3.05, 3.63) is 29.3 Å². The number of fused-ring (bicyclic) bond motifs is 2. The summed E-state index contributed by atoms with van der Waals surface area (Å²) in [6.45, 7) is 12.1. The monoisotopic (exact) mass is 406 g/mol. The minimum atomic E-state index is -0.420. The van der Waals surface area contributed by atoms with Gasteiger partial charge in [-0.1, -0.05) is 38.4 Å². The number of rotatable bonds is 6. The molecule has 2 aliphatic carbocycles. The summed E-state index contributed by atoms with van der Waals surface area (Å²) in [6.07, 6.45) is 3.74. The molecule has 1 heterocycles. The molecule has 1 aliphatic heterocycles. The highest BCUT2D eigenvalue weighted by atomic mass is 35.5. The number of piperazine rings is 1. The molecule has 3 fully saturated rings. The van der Waals surface area contributed by atoms with Crippen molar-refractivity contribution >= 4 is 17.3 Å². The summed E-state index contributed by atoms with van der Waals surface area (Å²) < 4.78 is 6.36. The lowest BCUT2D eigenvalue weighted by atomic mass is 9.70. The molecule has 0 aromatic heterocycles. The fraction of sp³-hybridized carbons (Fsp3) is 0.739. The fourth-order valence-electron chi connectivity index (χ4n) is 6.09. The summed E-state index contributed by atoms with van der Waals surface area (Å²) in [4.78, 5) is 4.71. The van der Waals surface area contributed by atoms with E-state index >= 15 is 0 Å². The SMILES string of the molecule is CC1(C)[C@H]2CC[C@](C)(C2)[C@H]1OC[C@H](O)CN1CCN(c2cccc(Cl)c2)CC1. The second kappa shape index (κ2) is 7.79. The van der Waals surface area contributed by atoms with Crippen molar-refractivity contribution in [3.63, 3.8) is 0 Å². The minimum absolute atomic E-state index is 0.231. The van der Waals surface area contributed by atoms with Crippen LogP contribution in [-0.4, -0.2) is 61.5 Å². The van der Waals surface area contributed by atoms with E-state index in [1.807, 2.05) is 18.2 Å². The zero-order valence-corrected chi connectivity index (χ0v) is 18.3. The summed E-state index contributed by atoms with van der Waals surface area (Å²) in [5, 5.41) is 11.4. The van der Waals surface area contributed by atoms with Gasteiger partial charge in [0.15, 0.2) is 0 Å². The summed E-state index contributed by atoms with van der Waals surface area (Å²) in [5.41, 5.74) is 1.72. The molecule has 1 saturated heterocycles. The summed E-state index contributed by atoms with van der Waals surface area (Å²) >= 11 is 6.12. The Morgan fingerprint density at radius 1 is 1.21 bits per heavy atom. The van der Waals surface area contributed by atoms with Crippen molar-refractivity contribution in [2.24, 2.45) is 16.7 Å². The van der Waals surface area contributed by atoms with Crippen molar-refractivity contribution in [2.75, 3.05) is 44.2 Å². The Morgan fingerprint density at radius 2 is 1.96 bits per heavy atom. The van der Waals surface area contributed by atoms with E-state index in [4.69, 9.17) is 16.3 Å². The first-order valence-corrected chi connectivity index (χ1v) is 11.2. The van der Waals surface area contributed by atoms with E-state index in [0.717, 1.165) is 37.1 Å². The number of aliphatic hydroxyl groups is 1. The molecule has 0 unspecified atom stereocenters. The van der Waals surface area contributed by atoms with Gasteiger partial charge in [-0.25, -0.2) is 0 Å². The largest absolute Gasteiger partial charge is 0.389 e. The van der Waals surface area contributed by atoms with Gasteiger partial charge in [-0.05, 0) is 54.2 Å². The molecule has 4 nitrogen and oxygen atoms in total. The molecule has 0 amide bonds. The zero-order chi connectivity index (χ0) is 19.9. The number of hydrogen-bond acceptors (Lipinski definition) is 4. The number of nitrogens with zero attached hydrogens (tertiary/aromatic N) is 2. The number of benzene rings is 1. The smallest absolute Gasteiger partial charge is 0.0900 e. The molecule has 2 saturated carbocycles. The summed E-state index contributed by atoms with van der Waals surface area (Å²) in [7, 11) is 0. The quantitative estimate of drug-likeness (QED) is 0.772. The van der Waals surface area contributed by atoms with E-state index in [1.54, 1.807) is 0 Å². The highest BCUT2D eigenvalue weighted by Gasteiger charge is 2.60. The van der Waals surface area contributed by atoms with Crippen LogP contribution >= 0.6 is 11.6 Å². The Labute approximate surface area is 174 Å². The fourth-order valence-corrected chi connectivity index (χ4v) is 6.28. The van der Waals surface area contributed by atoms with Gasteiger partial charge in [0.05, 0.1) is 18.8 Å². The standard InChI is InChI=1S/C23H35ClN2O2/c1-22(2)17-7-8-23(3,14-17)21(22)28-16-20(27)15-25-9-11-26(12-10-25)19-6-4-5-18(24)13-19/h4-6,13,17,20-21,27H,7-12,14-16H2,1-3H3/t17-,20+,21-,23+/m0/s1. The van der Waals surface area contributed by atoms with Crippen LogP contribution in [0.3, 0.4) is 0 Å². The van der Waals surface area contributed by atoms with Gasteiger partial charge in [0.25, 0.3) is 0 Å². The Kier molecular flexibility index (Phi) is 5.69. The minimum Gasteiger partial charge on any atom is -0.389 e. The molecule has 4 atom stereocenters. The molecular weight excluding hydrogens is 372 g/mol. The van der Waals surface area contributed by atoms with E-state index in [-0.39, 0.29) is 11.5 Å². The van der Waals surface area contributed by atoms with Crippen LogP contribution in [0, 0.1) is 16.7 Å². The second-order valence-corrected chi connectivity index (χ2v) is 10.5. The van der Waals surface area contributed by atoms with Gasteiger partial charge in [-0.2, -0.15) is 0 Å². The highest BCUT2D eigenvalue weighted by Crippen LogP contribution is 2.63. The van der Waals surface area contributed by atoms with Gasteiger partial charge in [-0.3, -0.25) is 4.90 Å². The molecule has 1 aromatic rings. The average molecular weight is 407 g/mol. The average Bonchev–Trinajstić information content (AvgIpc) is 3.13. The predicted octanol–water partition coefficient (Wildman–Crippen LogP) is 4.05. The number of anilines is 1. The lowest BCUT2D eigenvalue weighted by Crippen LogP contribution is -2.50. The third kappa shape index (κ3) is 3.94. The number of halogens is 1. The van der Waals surface area contributed by atoms with Gasteiger partial charge in [0, 0.05) is 43.4 Å². The molecule has 5 heteroatoms. The van der Waals surface area contributed by atoms with Gasteiger partial charge in [0.1, 0.15) is 0 Å². The van der Waals surface area contributed by atoms with Crippen LogP contribution in [0.5, 0.6) is 0 Å². The molecule has 4 rings (SSSR count). The lowest BCUT2D eigenvalue weighted by Gasteiger charge is -2.43. The van der Waals surface area contributed by atoms with E-state index in [0.29, 0.717) is 18.6 Å². The van der Waals surface area contributed by atoms with Crippen LogP contribution in [0.2, 0.25) is 5.02 Å². The van der Waals surface area contributed by atoms with Crippen molar-refractivity contribution < 1.29 is 9.84 Å². The zero-order valence-electron chi connectivity index (χ0n) is 17.5. The van der Waals surface area contributed by atoms with Gasteiger partial charge >= 0.3 is 0 Å². The van der Waals surface area contributed by atoms with E-state index in [2.05, 4.69) is 36.6 Å². The molecule has 0 spiro atoms. The normalized spacial score (nSPS) is 33.4. The maximum atomic E-state index is 10.6. The highest BCUT2D eigenvalue weighted by molar-refractivity contribution is 6.30. The number of ether oxygens (including phenoxy) is 1. The number of β-amino-alcohol motifs (C(OH)–C–C–N with tert-alkyl or cyclic N) is 1. The first-order chi connectivity index (χ1) is 13.3. The molecular formula is C23H35ClN2O2. The summed E-state index contributed by atoms with van der Waals surface area (Å²) in [5.74, 6) is 0.777. The van der Waals surface area contributed by atoms with Gasteiger partial charge in [-0.15, -0.1) is 0 Å². The van der Waals surface area contributed by atoms with Crippen LogP contribution < -0.4 is 4.90 Å². The van der Waals surface area contributed by atoms with E-state index in [9.17, 15) is 5.11 Å². The Hall–Kier alpha value is -0.810.